The van der Waals surface area contributed by atoms with Crippen LogP contribution in [0.3, 0.4) is 0 Å². The Kier molecular flexibility index (Phi) is 8.91. The smallest absolute Gasteiger partial charge is 0.329 e. The molecule has 0 aliphatic carbocycles. The van der Waals surface area contributed by atoms with E-state index in [1.54, 1.807) is 54.6 Å². The van der Waals surface area contributed by atoms with Crippen LogP contribution in [0.2, 0.25) is 0 Å². The minimum absolute atomic E-state index is 0.378. The third-order valence-corrected chi connectivity index (χ3v) is 4.82. The summed E-state index contributed by atoms with van der Waals surface area (Å²) in [6, 6.07) is 16.0. The van der Waals surface area contributed by atoms with Crippen molar-refractivity contribution < 1.29 is 19.1 Å². The third-order valence-electron chi connectivity index (χ3n) is 4.18. The van der Waals surface area contributed by atoms with Gasteiger partial charge in [-0.15, -0.1) is 0 Å². The van der Waals surface area contributed by atoms with Gasteiger partial charge in [-0.25, -0.2) is 4.79 Å². The zero-order valence-corrected chi connectivity index (χ0v) is 17.6. The highest BCUT2D eigenvalue weighted by atomic mass is 32.2. The van der Waals surface area contributed by atoms with Crippen molar-refractivity contribution in [1.82, 2.24) is 5.32 Å². The maximum Gasteiger partial charge on any atom is 0.329 e. The second kappa shape index (κ2) is 11.6. The lowest BCUT2D eigenvalue weighted by Gasteiger charge is -2.20. The van der Waals surface area contributed by atoms with Crippen molar-refractivity contribution in [1.29, 1.82) is 5.26 Å². The molecule has 0 heterocycles. The molecule has 2 amide bonds. The molecular weight excluding hydrogens is 402 g/mol. The molecule has 0 aromatic heterocycles. The van der Waals surface area contributed by atoms with Crippen molar-refractivity contribution in [2.24, 2.45) is 0 Å². The van der Waals surface area contributed by atoms with Crippen molar-refractivity contribution in [3.8, 4) is 6.07 Å². The topological polar surface area (TPSA) is 108 Å². The first kappa shape index (κ1) is 23.0. The molecular formula is C22H23N3O4S. The largest absolute Gasteiger partial charge is 0.451 e. The Morgan fingerprint density at radius 2 is 1.77 bits per heavy atom. The Hall–Kier alpha value is -3.31. The molecule has 2 aromatic carbocycles. The Morgan fingerprint density at radius 3 is 2.37 bits per heavy atom. The lowest BCUT2D eigenvalue weighted by Crippen LogP contribution is -2.44. The number of ether oxygens (including phenoxy) is 1. The summed E-state index contributed by atoms with van der Waals surface area (Å²) in [5.41, 5.74) is 1.39. The van der Waals surface area contributed by atoms with Crippen LogP contribution in [0.1, 0.15) is 29.3 Å². The number of benzene rings is 2. The van der Waals surface area contributed by atoms with Gasteiger partial charge in [0.2, 0.25) is 0 Å². The molecule has 0 fully saturated rings. The van der Waals surface area contributed by atoms with Crippen LogP contribution in [0.25, 0.3) is 0 Å². The van der Waals surface area contributed by atoms with Gasteiger partial charge in [0.25, 0.3) is 11.8 Å². The second-order valence-corrected chi connectivity index (χ2v) is 7.42. The quantitative estimate of drug-likeness (QED) is 0.598. The van der Waals surface area contributed by atoms with Gasteiger partial charge < -0.3 is 15.4 Å². The van der Waals surface area contributed by atoms with E-state index >= 15 is 0 Å². The predicted molar refractivity (Wildman–Crippen MR) is 116 cm³/mol. The summed E-state index contributed by atoms with van der Waals surface area (Å²) in [6.45, 7) is 1.46. The van der Waals surface area contributed by atoms with Crippen LogP contribution in [0, 0.1) is 11.3 Å². The van der Waals surface area contributed by atoms with Crippen molar-refractivity contribution in [2.75, 3.05) is 17.3 Å². The van der Waals surface area contributed by atoms with Gasteiger partial charge in [0.1, 0.15) is 6.04 Å². The standard InChI is InChI=1S/C22H23N3O4S/c1-15(20(26)24-18-10-8-16(14-23)9-11-18)29-22(28)19(12-13-30-2)25-21(27)17-6-4-3-5-7-17/h3-11,15,19H,12-13H2,1-2H3,(H,24,26)(H,25,27). The highest BCUT2D eigenvalue weighted by Gasteiger charge is 2.26. The van der Waals surface area contributed by atoms with E-state index in [2.05, 4.69) is 10.6 Å². The third kappa shape index (κ3) is 6.94. The number of amides is 2. The van der Waals surface area contributed by atoms with Gasteiger partial charge >= 0.3 is 5.97 Å². The number of nitriles is 1. The van der Waals surface area contributed by atoms with Gasteiger partial charge in [-0.1, -0.05) is 18.2 Å². The molecule has 0 bridgehead atoms. The minimum Gasteiger partial charge on any atom is -0.451 e. The monoisotopic (exact) mass is 425 g/mol. The lowest BCUT2D eigenvalue weighted by molar-refractivity contribution is -0.155. The molecule has 0 saturated heterocycles. The van der Waals surface area contributed by atoms with Crippen molar-refractivity contribution in [3.05, 3.63) is 65.7 Å². The van der Waals surface area contributed by atoms with E-state index < -0.39 is 24.0 Å². The number of hydrogen-bond donors (Lipinski definition) is 2. The number of carbonyl (C=O) groups excluding carboxylic acids is 3. The Bertz CT molecular complexity index is 910. The zero-order chi connectivity index (χ0) is 21.9. The Morgan fingerprint density at radius 1 is 1.10 bits per heavy atom. The molecule has 0 radical (unpaired) electrons. The van der Waals surface area contributed by atoms with Gasteiger partial charge in [0.15, 0.2) is 6.10 Å². The van der Waals surface area contributed by atoms with E-state index in [0.29, 0.717) is 29.0 Å². The minimum atomic E-state index is -1.06. The summed E-state index contributed by atoms with van der Waals surface area (Å²) in [5, 5.41) is 14.1. The lowest BCUT2D eigenvalue weighted by atomic mass is 10.1. The summed E-state index contributed by atoms with van der Waals surface area (Å²) < 4.78 is 5.30. The molecule has 0 aliphatic rings. The fourth-order valence-electron chi connectivity index (χ4n) is 2.50. The molecule has 156 valence electrons. The molecule has 0 saturated carbocycles. The van der Waals surface area contributed by atoms with E-state index in [4.69, 9.17) is 10.00 Å². The maximum absolute atomic E-state index is 12.6. The average molecular weight is 426 g/mol. The first-order chi connectivity index (χ1) is 14.4. The van der Waals surface area contributed by atoms with Crippen LogP contribution in [-0.2, 0) is 14.3 Å². The maximum atomic E-state index is 12.6. The highest BCUT2D eigenvalue weighted by molar-refractivity contribution is 7.98. The summed E-state index contributed by atoms with van der Waals surface area (Å²) >= 11 is 1.54. The zero-order valence-electron chi connectivity index (χ0n) is 16.8. The van der Waals surface area contributed by atoms with Crippen LogP contribution in [0.4, 0.5) is 5.69 Å². The molecule has 7 nitrogen and oxygen atoms in total. The van der Waals surface area contributed by atoms with Crippen LogP contribution in [0.5, 0.6) is 0 Å². The van der Waals surface area contributed by atoms with Crippen molar-refractivity contribution >= 4 is 35.2 Å². The molecule has 2 atom stereocenters. The first-order valence-corrected chi connectivity index (χ1v) is 10.7. The molecule has 2 unspecified atom stereocenters. The summed E-state index contributed by atoms with van der Waals surface area (Å²) in [6.07, 6.45) is 1.22. The molecule has 8 heteroatoms. The molecule has 0 spiro atoms. The van der Waals surface area contributed by atoms with Gasteiger partial charge in [-0.2, -0.15) is 17.0 Å². The molecule has 30 heavy (non-hydrogen) atoms. The van der Waals surface area contributed by atoms with Gasteiger partial charge in [0, 0.05) is 11.3 Å². The fraction of sp³-hybridized carbons (Fsp3) is 0.273. The number of carbonyl (C=O) groups is 3. The number of anilines is 1. The van der Waals surface area contributed by atoms with Gasteiger partial charge in [-0.3, -0.25) is 9.59 Å². The predicted octanol–water partition coefficient (Wildman–Crippen LogP) is 2.98. The molecule has 0 aliphatic heterocycles. The van der Waals surface area contributed by atoms with Gasteiger partial charge in [-0.05, 0) is 61.8 Å². The molecule has 2 rings (SSSR count). The number of esters is 1. The molecule has 2 N–H and O–H groups in total. The fourth-order valence-corrected chi connectivity index (χ4v) is 2.97. The van der Waals surface area contributed by atoms with E-state index in [-0.39, 0.29) is 5.91 Å². The van der Waals surface area contributed by atoms with Crippen LogP contribution >= 0.6 is 11.8 Å². The number of hydrogen-bond acceptors (Lipinski definition) is 6. The summed E-state index contributed by atoms with van der Waals surface area (Å²) in [7, 11) is 0. The second-order valence-electron chi connectivity index (χ2n) is 6.43. The number of nitrogens with zero attached hydrogens (tertiary/aromatic N) is 1. The SMILES string of the molecule is CSCCC(NC(=O)c1ccccc1)C(=O)OC(C)C(=O)Nc1ccc(C#N)cc1. The Balaban J connectivity index is 1.97. The van der Waals surface area contributed by atoms with E-state index in [1.165, 1.54) is 18.7 Å². The average Bonchev–Trinajstić information content (AvgIpc) is 2.77. The number of nitrogens with one attached hydrogen (secondary N) is 2. The molecule has 2 aromatic rings. The van der Waals surface area contributed by atoms with Crippen LogP contribution in [-0.4, -0.2) is 41.9 Å². The Labute approximate surface area is 179 Å². The van der Waals surface area contributed by atoms with Crippen LogP contribution in [0.15, 0.2) is 54.6 Å². The van der Waals surface area contributed by atoms with Gasteiger partial charge in [0.05, 0.1) is 11.6 Å². The van der Waals surface area contributed by atoms with Crippen molar-refractivity contribution in [3.63, 3.8) is 0 Å². The number of rotatable bonds is 9. The first-order valence-electron chi connectivity index (χ1n) is 9.31. The number of thioether (sulfide) groups is 1. The summed E-state index contributed by atoms with van der Waals surface area (Å²) in [5.74, 6) is -0.920. The van der Waals surface area contributed by atoms with E-state index in [0.717, 1.165) is 0 Å². The highest BCUT2D eigenvalue weighted by Crippen LogP contribution is 2.11. The normalized spacial score (nSPS) is 12.2. The van der Waals surface area contributed by atoms with E-state index in [9.17, 15) is 14.4 Å². The van der Waals surface area contributed by atoms with Crippen LogP contribution < -0.4 is 10.6 Å². The van der Waals surface area contributed by atoms with Crippen molar-refractivity contribution in [2.45, 2.75) is 25.5 Å². The van der Waals surface area contributed by atoms with E-state index in [1.807, 2.05) is 12.3 Å². The summed E-state index contributed by atoms with van der Waals surface area (Å²) in [4.78, 5) is 37.4.